The summed E-state index contributed by atoms with van der Waals surface area (Å²) >= 11 is 6.44. The zero-order chi connectivity index (χ0) is 16.6. The van der Waals surface area contributed by atoms with E-state index in [0.717, 1.165) is 0 Å². The van der Waals surface area contributed by atoms with Crippen molar-refractivity contribution in [2.45, 2.75) is 0 Å². The Bertz CT molecular complexity index is 866. The van der Waals surface area contributed by atoms with E-state index in [-0.39, 0.29) is 22.8 Å². The van der Waals surface area contributed by atoms with Gasteiger partial charge in [-0.25, -0.2) is 9.79 Å². The van der Waals surface area contributed by atoms with Gasteiger partial charge in [-0.05, 0) is 44.0 Å². The first kappa shape index (κ1) is 15.6. The van der Waals surface area contributed by atoms with Gasteiger partial charge in [0.1, 0.15) is 11.3 Å². The van der Waals surface area contributed by atoms with Crippen LogP contribution < -0.4 is 0 Å². The number of benzene rings is 1. The van der Waals surface area contributed by atoms with E-state index < -0.39 is 10.9 Å². The van der Waals surface area contributed by atoms with Gasteiger partial charge in [0.15, 0.2) is 10.4 Å². The number of hydrogen-bond acceptors (Lipinski definition) is 6. The Morgan fingerprint density at radius 1 is 1.26 bits per heavy atom. The molecule has 1 aliphatic heterocycles. The number of ether oxygens (including phenoxy) is 1. The summed E-state index contributed by atoms with van der Waals surface area (Å²) in [4.78, 5) is 26.4. The normalized spacial score (nSPS) is 15.7. The number of hydrogen-bond donors (Lipinski definition) is 0. The molecule has 116 valence electrons. The number of halogens is 2. The van der Waals surface area contributed by atoms with Crippen LogP contribution in [0.1, 0.15) is 11.3 Å². The molecule has 0 radical (unpaired) electrons. The van der Waals surface area contributed by atoms with Crippen LogP contribution in [0.3, 0.4) is 0 Å². The van der Waals surface area contributed by atoms with E-state index in [9.17, 15) is 14.9 Å². The molecule has 0 atom stereocenters. The third kappa shape index (κ3) is 3.10. The van der Waals surface area contributed by atoms with Crippen LogP contribution in [0.2, 0.25) is 0 Å². The highest BCUT2D eigenvalue weighted by molar-refractivity contribution is 9.13. The van der Waals surface area contributed by atoms with Crippen LogP contribution in [-0.2, 0) is 9.53 Å². The van der Waals surface area contributed by atoms with E-state index in [2.05, 4.69) is 36.9 Å². The first-order chi connectivity index (χ1) is 11.0. The molecule has 0 amide bonds. The van der Waals surface area contributed by atoms with E-state index in [4.69, 9.17) is 9.15 Å². The summed E-state index contributed by atoms with van der Waals surface area (Å²) in [6, 6.07) is 7.54. The van der Waals surface area contributed by atoms with Gasteiger partial charge in [0.05, 0.1) is 9.40 Å². The molecule has 0 unspecified atom stereocenters. The summed E-state index contributed by atoms with van der Waals surface area (Å²) in [5.41, 5.74) is -0.0632. The number of nitro benzene ring substituents is 1. The van der Waals surface area contributed by atoms with Gasteiger partial charge in [-0.3, -0.25) is 10.1 Å². The number of carbonyl (C=O) groups excluding carboxylic acids is 1. The van der Waals surface area contributed by atoms with Gasteiger partial charge in [0.2, 0.25) is 5.90 Å². The zero-order valence-corrected chi connectivity index (χ0v) is 14.3. The van der Waals surface area contributed by atoms with Gasteiger partial charge < -0.3 is 9.15 Å². The lowest BCUT2D eigenvalue weighted by molar-refractivity contribution is -0.385. The molecule has 7 nitrogen and oxygen atoms in total. The van der Waals surface area contributed by atoms with Crippen LogP contribution in [0.15, 0.2) is 54.6 Å². The molecule has 0 saturated carbocycles. The SMILES string of the molecule is O=C1OC(c2ccccc2[N+](=O)[O-])=N/C1=C\c1cc(Br)c(Br)o1. The second-order valence-electron chi connectivity index (χ2n) is 4.38. The Kier molecular flexibility index (Phi) is 4.14. The Balaban J connectivity index is 2.01. The smallest absolute Gasteiger partial charge is 0.363 e. The third-order valence-electron chi connectivity index (χ3n) is 2.89. The fourth-order valence-corrected chi connectivity index (χ4v) is 2.52. The Morgan fingerprint density at radius 2 is 2.00 bits per heavy atom. The fraction of sp³-hybridized carbons (Fsp3) is 0. The predicted octanol–water partition coefficient (Wildman–Crippen LogP) is 4.06. The number of carbonyl (C=O) groups is 1. The molecule has 0 N–H and O–H groups in total. The highest BCUT2D eigenvalue weighted by atomic mass is 79.9. The summed E-state index contributed by atoms with van der Waals surface area (Å²) in [5, 5.41) is 11.0. The van der Waals surface area contributed by atoms with Crippen LogP contribution in [-0.4, -0.2) is 16.8 Å². The number of cyclic esters (lactones) is 1. The maximum absolute atomic E-state index is 11.9. The van der Waals surface area contributed by atoms with Crippen molar-refractivity contribution in [3.8, 4) is 0 Å². The number of furan rings is 1. The van der Waals surface area contributed by atoms with Crippen molar-refractivity contribution >= 4 is 55.5 Å². The summed E-state index contributed by atoms with van der Waals surface area (Å²) in [5.74, 6) is -0.441. The fourth-order valence-electron chi connectivity index (χ4n) is 1.91. The minimum absolute atomic E-state index is 0.00750. The Hall–Kier alpha value is -2.26. The summed E-state index contributed by atoms with van der Waals surface area (Å²) < 4.78 is 11.5. The van der Waals surface area contributed by atoms with E-state index in [1.807, 2.05) is 0 Å². The van der Waals surface area contributed by atoms with Crippen LogP contribution in [0.25, 0.3) is 6.08 Å². The second-order valence-corrected chi connectivity index (χ2v) is 5.96. The van der Waals surface area contributed by atoms with Gasteiger partial charge >= 0.3 is 5.97 Å². The molecule has 3 rings (SSSR count). The Morgan fingerprint density at radius 3 is 2.65 bits per heavy atom. The standard InChI is InChI=1S/C14H6Br2N2O5/c15-9-5-7(22-12(9)16)6-10-14(19)23-13(17-10)8-3-1-2-4-11(8)18(20)21/h1-6H/b10-6-. The molecule has 2 aromatic rings. The van der Waals surface area contributed by atoms with E-state index in [1.54, 1.807) is 12.1 Å². The largest absolute Gasteiger partial charge is 0.449 e. The molecule has 1 aromatic heterocycles. The molecule has 23 heavy (non-hydrogen) atoms. The summed E-state index contributed by atoms with van der Waals surface area (Å²) in [6.07, 6.45) is 1.39. The lowest BCUT2D eigenvalue weighted by atomic mass is 10.2. The van der Waals surface area contributed by atoms with Crippen molar-refractivity contribution < 1.29 is 18.9 Å². The number of aliphatic imine (C=N–C) groups is 1. The van der Waals surface area contributed by atoms with Crippen molar-refractivity contribution in [3.05, 3.63) is 66.6 Å². The number of para-hydroxylation sites is 1. The maximum atomic E-state index is 11.9. The molecule has 1 aromatic carbocycles. The molecular formula is C14H6Br2N2O5. The van der Waals surface area contributed by atoms with Crippen LogP contribution in [0.5, 0.6) is 0 Å². The van der Waals surface area contributed by atoms with Gasteiger partial charge in [-0.2, -0.15) is 0 Å². The molecule has 0 aliphatic carbocycles. The van der Waals surface area contributed by atoms with Gasteiger partial charge in [0.25, 0.3) is 5.69 Å². The van der Waals surface area contributed by atoms with Crippen molar-refractivity contribution in [1.82, 2.24) is 0 Å². The molecule has 0 spiro atoms. The number of esters is 1. The molecule has 0 bridgehead atoms. The molecule has 9 heteroatoms. The maximum Gasteiger partial charge on any atom is 0.363 e. The van der Waals surface area contributed by atoms with E-state index in [1.165, 1.54) is 24.3 Å². The highest BCUT2D eigenvalue weighted by Gasteiger charge is 2.29. The number of nitro groups is 1. The molecule has 1 aliphatic rings. The van der Waals surface area contributed by atoms with Gasteiger partial charge in [0, 0.05) is 12.1 Å². The van der Waals surface area contributed by atoms with E-state index in [0.29, 0.717) is 14.9 Å². The minimum atomic E-state index is -0.707. The molecule has 0 fully saturated rings. The van der Waals surface area contributed by atoms with Gasteiger partial charge in [-0.1, -0.05) is 12.1 Å². The third-order valence-corrected chi connectivity index (χ3v) is 4.60. The van der Waals surface area contributed by atoms with Crippen molar-refractivity contribution in [1.29, 1.82) is 0 Å². The van der Waals surface area contributed by atoms with Crippen molar-refractivity contribution in [3.63, 3.8) is 0 Å². The highest BCUT2D eigenvalue weighted by Crippen LogP contribution is 2.29. The van der Waals surface area contributed by atoms with Crippen LogP contribution >= 0.6 is 31.9 Å². The number of nitrogens with zero attached hydrogens (tertiary/aromatic N) is 2. The van der Waals surface area contributed by atoms with Crippen LogP contribution in [0.4, 0.5) is 5.69 Å². The van der Waals surface area contributed by atoms with Crippen molar-refractivity contribution in [2.24, 2.45) is 4.99 Å². The summed E-state index contributed by atoms with van der Waals surface area (Å²) in [6.45, 7) is 0. The number of rotatable bonds is 3. The molecular weight excluding hydrogens is 436 g/mol. The average Bonchev–Trinajstić information content (AvgIpc) is 3.02. The Labute approximate surface area is 146 Å². The second kappa shape index (κ2) is 6.09. The van der Waals surface area contributed by atoms with Crippen LogP contribution in [0, 0.1) is 10.1 Å². The van der Waals surface area contributed by atoms with E-state index >= 15 is 0 Å². The monoisotopic (exact) mass is 440 g/mol. The average molecular weight is 442 g/mol. The summed E-state index contributed by atoms with van der Waals surface area (Å²) in [7, 11) is 0. The topological polar surface area (TPSA) is 94.9 Å². The first-order valence-corrected chi connectivity index (χ1v) is 7.75. The quantitative estimate of drug-likeness (QED) is 0.310. The van der Waals surface area contributed by atoms with Crippen molar-refractivity contribution in [2.75, 3.05) is 0 Å². The molecule has 0 saturated heterocycles. The van der Waals surface area contributed by atoms with Gasteiger partial charge in [-0.15, -0.1) is 0 Å². The molecule has 2 heterocycles. The lowest BCUT2D eigenvalue weighted by Gasteiger charge is -2.00. The first-order valence-electron chi connectivity index (χ1n) is 6.17. The zero-order valence-electron chi connectivity index (χ0n) is 11.2. The lowest BCUT2D eigenvalue weighted by Crippen LogP contribution is -2.07. The predicted molar refractivity (Wildman–Crippen MR) is 87.8 cm³/mol. The minimum Gasteiger partial charge on any atom is -0.449 e.